The van der Waals surface area contributed by atoms with Crippen molar-refractivity contribution in [3.8, 4) is 0 Å². The Morgan fingerprint density at radius 3 is 2.30 bits per heavy atom. The number of aryl methyl sites for hydroxylation is 1. The molecule has 2 atom stereocenters. The molecule has 1 aliphatic carbocycles. The van der Waals surface area contributed by atoms with Gasteiger partial charge in [0, 0.05) is 12.3 Å². The highest BCUT2D eigenvalue weighted by atomic mass is 32.2. The summed E-state index contributed by atoms with van der Waals surface area (Å²) in [6, 6.07) is 2.83. The number of hydrogen-bond donors (Lipinski definition) is 2. The standard InChI is InChI=1S/C15H24N2O4S2/c1-10-7-14(22(3,18)19)11(2)15(8-10)23(20,21)17-13-6-4-5-12(13)9-16/h7-8,12-13,17H,4-6,9,16H2,1-3H3/t12-,13+/m0/s1. The maximum absolute atomic E-state index is 12.8. The SMILES string of the molecule is Cc1cc(S(C)(=O)=O)c(C)c(S(=O)(=O)N[C@@H]2CCC[C@H]2CN)c1. The second-order valence-corrected chi connectivity index (χ2v) is 9.98. The summed E-state index contributed by atoms with van der Waals surface area (Å²) in [6.45, 7) is 3.65. The molecule has 0 aliphatic heterocycles. The predicted octanol–water partition coefficient (Wildman–Crippen LogP) is 1.11. The number of sulfonamides is 1. The van der Waals surface area contributed by atoms with E-state index in [1.165, 1.54) is 19.1 Å². The van der Waals surface area contributed by atoms with Crippen LogP contribution >= 0.6 is 0 Å². The van der Waals surface area contributed by atoms with E-state index in [-0.39, 0.29) is 27.3 Å². The van der Waals surface area contributed by atoms with Crippen LogP contribution in [0.4, 0.5) is 0 Å². The number of nitrogens with one attached hydrogen (secondary N) is 1. The summed E-state index contributed by atoms with van der Waals surface area (Å²) in [4.78, 5) is 0.0836. The van der Waals surface area contributed by atoms with Crippen LogP contribution < -0.4 is 10.5 Å². The average molecular weight is 361 g/mol. The third-order valence-corrected chi connectivity index (χ3v) is 7.25. The van der Waals surface area contributed by atoms with Gasteiger partial charge in [0.1, 0.15) is 0 Å². The fourth-order valence-corrected chi connectivity index (χ4v) is 6.01. The Hall–Kier alpha value is -0.960. The zero-order valence-corrected chi connectivity index (χ0v) is 15.3. The molecule has 0 heterocycles. The Bertz CT molecular complexity index is 801. The minimum absolute atomic E-state index is 0.0283. The highest BCUT2D eigenvalue weighted by Crippen LogP contribution is 2.29. The Balaban J connectivity index is 2.46. The van der Waals surface area contributed by atoms with E-state index in [9.17, 15) is 16.8 Å². The molecule has 0 radical (unpaired) electrons. The summed E-state index contributed by atoms with van der Waals surface area (Å²) in [7, 11) is -7.29. The number of rotatable bonds is 5. The third-order valence-electron chi connectivity index (χ3n) is 4.41. The van der Waals surface area contributed by atoms with E-state index in [1.807, 2.05) is 0 Å². The monoisotopic (exact) mass is 360 g/mol. The molecule has 1 fully saturated rings. The Kier molecular flexibility index (Phi) is 5.20. The summed E-state index contributed by atoms with van der Waals surface area (Å²) < 4.78 is 52.0. The summed E-state index contributed by atoms with van der Waals surface area (Å²) in [5.41, 5.74) is 6.56. The summed E-state index contributed by atoms with van der Waals surface area (Å²) in [5, 5.41) is 0. The molecule has 23 heavy (non-hydrogen) atoms. The fraction of sp³-hybridized carbons (Fsp3) is 0.600. The van der Waals surface area contributed by atoms with E-state index in [0.29, 0.717) is 12.1 Å². The van der Waals surface area contributed by atoms with Crippen LogP contribution in [0.1, 0.15) is 30.4 Å². The highest BCUT2D eigenvalue weighted by Gasteiger charge is 2.32. The Morgan fingerprint density at radius 2 is 1.74 bits per heavy atom. The van der Waals surface area contributed by atoms with E-state index in [4.69, 9.17) is 5.73 Å². The van der Waals surface area contributed by atoms with Gasteiger partial charge in [0.15, 0.2) is 9.84 Å². The summed E-state index contributed by atoms with van der Waals surface area (Å²) in [5.74, 6) is 0.129. The Labute approximate surface area is 138 Å². The first-order valence-corrected chi connectivity index (χ1v) is 11.0. The number of hydrogen-bond acceptors (Lipinski definition) is 5. The lowest BCUT2D eigenvalue weighted by molar-refractivity contribution is 0.452. The van der Waals surface area contributed by atoms with E-state index >= 15 is 0 Å². The van der Waals surface area contributed by atoms with Gasteiger partial charge in [0.25, 0.3) is 0 Å². The normalized spacial score (nSPS) is 22.4. The second kappa shape index (κ2) is 6.51. The number of sulfone groups is 1. The smallest absolute Gasteiger partial charge is 0.241 e. The van der Waals surface area contributed by atoms with Gasteiger partial charge in [-0.1, -0.05) is 6.42 Å². The van der Waals surface area contributed by atoms with Crippen molar-refractivity contribution < 1.29 is 16.8 Å². The minimum Gasteiger partial charge on any atom is -0.330 e. The summed E-state index contributed by atoms with van der Waals surface area (Å²) in [6.07, 6.45) is 3.69. The van der Waals surface area contributed by atoms with Crippen LogP contribution in [0, 0.1) is 19.8 Å². The third kappa shape index (κ3) is 3.93. The molecule has 1 saturated carbocycles. The van der Waals surface area contributed by atoms with Crippen molar-refractivity contribution in [1.82, 2.24) is 4.72 Å². The van der Waals surface area contributed by atoms with Crippen LogP contribution in [-0.4, -0.2) is 35.7 Å². The molecule has 0 amide bonds. The van der Waals surface area contributed by atoms with Crippen molar-refractivity contribution >= 4 is 19.9 Å². The predicted molar refractivity (Wildman–Crippen MR) is 89.5 cm³/mol. The molecular weight excluding hydrogens is 336 g/mol. The second-order valence-electron chi connectivity index (χ2n) is 6.31. The molecule has 2 rings (SSSR count). The van der Waals surface area contributed by atoms with E-state index in [0.717, 1.165) is 25.5 Å². The fourth-order valence-electron chi connectivity index (χ4n) is 3.19. The van der Waals surface area contributed by atoms with Crippen LogP contribution in [-0.2, 0) is 19.9 Å². The first kappa shape index (κ1) is 18.4. The van der Waals surface area contributed by atoms with Crippen molar-refractivity contribution in [1.29, 1.82) is 0 Å². The zero-order chi connectivity index (χ0) is 17.4. The number of benzene rings is 1. The van der Waals surface area contributed by atoms with Gasteiger partial charge in [-0.15, -0.1) is 0 Å². The van der Waals surface area contributed by atoms with E-state index in [2.05, 4.69) is 4.72 Å². The van der Waals surface area contributed by atoms with Gasteiger partial charge >= 0.3 is 0 Å². The topological polar surface area (TPSA) is 106 Å². The molecule has 0 saturated heterocycles. The van der Waals surface area contributed by atoms with Gasteiger partial charge in [0.2, 0.25) is 10.0 Å². The van der Waals surface area contributed by atoms with Crippen LogP contribution in [0.3, 0.4) is 0 Å². The molecule has 0 aromatic heterocycles. The van der Waals surface area contributed by atoms with Gasteiger partial charge in [-0.05, 0) is 62.4 Å². The quantitative estimate of drug-likeness (QED) is 0.818. The molecule has 1 aromatic rings. The molecule has 0 unspecified atom stereocenters. The van der Waals surface area contributed by atoms with Gasteiger partial charge in [-0.2, -0.15) is 0 Å². The van der Waals surface area contributed by atoms with Crippen LogP contribution in [0.2, 0.25) is 0 Å². The van der Waals surface area contributed by atoms with Crippen molar-refractivity contribution in [2.45, 2.75) is 48.9 Å². The molecule has 8 heteroatoms. The van der Waals surface area contributed by atoms with Crippen LogP contribution in [0.25, 0.3) is 0 Å². The van der Waals surface area contributed by atoms with Gasteiger partial charge < -0.3 is 5.73 Å². The molecule has 1 aliphatic rings. The largest absolute Gasteiger partial charge is 0.330 e. The lowest BCUT2D eigenvalue weighted by atomic mass is 10.1. The van der Waals surface area contributed by atoms with Crippen molar-refractivity contribution in [3.05, 3.63) is 23.3 Å². The number of nitrogens with two attached hydrogens (primary N) is 1. The molecule has 0 spiro atoms. The highest BCUT2D eigenvalue weighted by molar-refractivity contribution is 7.91. The van der Waals surface area contributed by atoms with E-state index < -0.39 is 19.9 Å². The zero-order valence-electron chi connectivity index (χ0n) is 13.7. The molecule has 1 aromatic carbocycles. The van der Waals surface area contributed by atoms with Crippen LogP contribution in [0.5, 0.6) is 0 Å². The van der Waals surface area contributed by atoms with Gasteiger partial charge in [-0.3, -0.25) is 0 Å². The molecule has 0 bridgehead atoms. The van der Waals surface area contributed by atoms with Gasteiger partial charge in [-0.25, -0.2) is 21.6 Å². The van der Waals surface area contributed by atoms with E-state index in [1.54, 1.807) is 6.92 Å². The Morgan fingerprint density at radius 1 is 1.13 bits per heavy atom. The van der Waals surface area contributed by atoms with Crippen LogP contribution in [0.15, 0.2) is 21.9 Å². The summed E-state index contributed by atoms with van der Waals surface area (Å²) >= 11 is 0. The maximum Gasteiger partial charge on any atom is 0.241 e. The average Bonchev–Trinajstić information content (AvgIpc) is 2.86. The molecule has 130 valence electrons. The minimum atomic E-state index is -3.79. The lowest BCUT2D eigenvalue weighted by Gasteiger charge is -2.21. The first-order chi connectivity index (χ1) is 10.6. The lowest BCUT2D eigenvalue weighted by Crippen LogP contribution is -2.40. The van der Waals surface area contributed by atoms with Crippen molar-refractivity contribution in [3.63, 3.8) is 0 Å². The first-order valence-electron chi connectivity index (χ1n) is 7.60. The maximum atomic E-state index is 12.8. The molecule has 6 nitrogen and oxygen atoms in total. The molecule has 3 N–H and O–H groups in total. The van der Waals surface area contributed by atoms with Crippen molar-refractivity contribution in [2.75, 3.05) is 12.8 Å². The van der Waals surface area contributed by atoms with Gasteiger partial charge in [0.05, 0.1) is 9.79 Å². The van der Waals surface area contributed by atoms with Crippen molar-refractivity contribution in [2.24, 2.45) is 11.7 Å². The molecular formula is C15H24N2O4S2.